The molecule has 0 saturated carbocycles. The number of nitrogens with one attached hydrogen (secondary N) is 2. The summed E-state index contributed by atoms with van der Waals surface area (Å²) in [7, 11) is 3.90. The fourth-order valence-electron chi connectivity index (χ4n) is 2.99. The van der Waals surface area contributed by atoms with E-state index in [9.17, 15) is 4.79 Å². The number of nitrogens with zero attached hydrogens (tertiary/aromatic N) is 3. The number of benzene rings is 1. The number of anilines is 2. The number of pyridine rings is 1. The number of hydrogen-bond acceptors (Lipinski definition) is 4. The number of carbonyl (C=O) groups is 1. The molecule has 1 aliphatic heterocycles. The van der Waals surface area contributed by atoms with Gasteiger partial charge in [0.05, 0.1) is 0 Å². The summed E-state index contributed by atoms with van der Waals surface area (Å²) in [6.45, 7) is 2.30. The highest BCUT2D eigenvalue weighted by atomic mass is 16.2. The molecule has 1 aromatic heterocycles. The maximum absolute atomic E-state index is 12.2. The normalized spacial score (nSPS) is 16.6. The first kappa shape index (κ1) is 17.1. The molecule has 0 spiro atoms. The third kappa shape index (κ3) is 4.62. The predicted molar refractivity (Wildman–Crippen MR) is 101 cm³/mol. The zero-order valence-electron chi connectivity index (χ0n) is 14.8. The number of aromatic nitrogens is 1. The molecule has 0 unspecified atom stereocenters. The smallest absolute Gasteiger partial charge is 0.315 e. The summed E-state index contributed by atoms with van der Waals surface area (Å²) in [4.78, 5) is 20.7. The standard InChI is InChI=1S/C19H25N5O/c1-23(2)18-12-15(8-10-20-18)13-21-19(25)22-16-9-11-24(14-16)17-6-4-3-5-7-17/h3-8,10,12,16H,9,11,13-14H2,1-2H3,(H2,21,22,25)/t16-/m0/s1. The second kappa shape index (κ2) is 7.88. The van der Waals surface area contributed by atoms with E-state index < -0.39 is 0 Å². The molecule has 6 nitrogen and oxygen atoms in total. The topological polar surface area (TPSA) is 60.5 Å². The molecule has 1 aromatic carbocycles. The van der Waals surface area contributed by atoms with Crippen LogP contribution in [-0.4, -0.2) is 44.2 Å². The van der Waals surface area contributed by atoms with Crippen molar-refractivity contribution in [2.45, 2.75) is 19.0 Å². The lowest BCUT2D eigenvalue weighted by atomic mass is 10.2. The van der Waals surface area contributed by atoms with Crippen LogP contribution in [0.15, 0.2) is 48.7 Å². The molecule has 0 bridgehead atoms. The largest absolute Gasteiger partial charge is 0.369 e. The van der Waals surface area contributed by atoms with Gasteiger partial charge in [0.2, 0.25) is 0 Å². The Bertz CT molecular complexity index is 704. The Hall–Kier alpha value is -2.76. The fraction of sp³-hybridized carbons (Fsp3) is 0.368. The van der Waals surface area contributed by atoms with Crippen molar-refractivity contribution in [2.75, 3.05) is 37.0 Å². The summed E-state index contributed by atoms with van der Waals surface area (Å²) in [5.41, 5.74) is 2.24. The van der Waals surface area contributed by atoms with Gasteiger partial charge in [-0.1, -0.05) is 18.2 Å². The molecular formula is C19H25N5O. The number of carbonyl (C=O) groups excluding carboxylic acids is 1. The van der Waals surface area contributed by atoms with Crippen LogP contribution in [0.3, 0.4) is 0 Å². The Kier molecular flexibility index (Phi) is 5.38. The van der Waals surface area contributed by atoms with Crippen LogP contribution >= 0.6 is 0 Å². The van der Waals surface area contributed by atoms with E-state index in [0.29, 0.717) is 6.54 Å². The number of amides is 2. The molecule has 3 rings (SSSR count). The van der Waals surface area contributed by atoms with Gasteiger partial charge in [-0.25, -0.2) is 9.78 Å². The quantitative estimate of drug-likeness (QED) is 0.877. The maximum atomic E-state index is 12.2. The summed E-state index contributed by atoms with van der Waals surface area (Å²) in [6, 6.07) is 14.3. The van der Waals surface area contributed by atoms with Gasteiger partial charge < -0.3 is 20.4 Å². The van der Waals surface area contributed by atoms with Crippen LogP contribution in [0.4, 0.5) is 16.3 Å². The zero-order valence-corrected chi connectivity index (χ0v) is 14.8. The lowest BCUT2D eigenvalue weighted by Crippen LogP contribution is -2.43. The van der Waals surface area contributed by atoms with Gasteiger partial charge in [0.15, 0.2) is 0 Å². The van der Waals surface area contributed by atoms with Crippen molar-refractivity contribution >= 4 is 17.5 Å². The number of hydrogen-bond donors (Lipinski definition) is 2. The SMILES string of the molecule is CN(C)c1cc(CNC(=O)N[C@H]2CCN(c3ccccc3)C2)ccn1. The van der Waals surface area contributed by atoms with Crippen molar-refractivity contribution in [3.05, 3.63) is 54.2 Å². The lowest BCUT2D eigenvalue weighted by molar-refractivity contribution is 0.237. The third-order valence-corrected chi connectivity index (χ3v) is 4.37. The van der Waals surface area contributed by atoms with Crippen molar-refractivity contribution in [2.24, 2.45) is 0 Å². The average molecular weight is 339 g/mol. The van der Waals surface area contributed by atoms with Gasteiger partial charge in [-0.2, -0.15) is 0 Å². The Balaban J connectivity index is 1.46. The summed E-state index contributed by atoms with van der Waals surface area (Å²) >= 11 is 0. The molecular weight excluding hydrogens is 314 g/mol. The Morgan fingerprint density at radius 3 is 2.84 bits per heavy atom. The minimum atomic E-state index is -0.122. The van der Waals surface area contributed by atoms with E-state index in [1.54, 1.807) is 6.20 Å². The van der Waals surface area contributed by atoms with Crippen molar-refractivity contribution in [1.29, 1.82) is 0 Å². The molecule has 132 valence electrons. The van der Waals surface area contributed by atoms with Crippen LogP contribution in [0.2, 0.25) is 0 Å². The Morgan fingerprint density at radius 2 is 2.08 bits per heavy atom. The number of rotatable bonds is 5. The van der Waals surface area contributed by atoms with Gasteiger partial charge in [0, 0.05) is 51.7 Å². The van der Waals surface area contributed by atoms with E-state index in [4.69, 9.17) is 0 Å². The van der Waals surface area contributed by atoms with Crippen molar-refractivity contribution in [1.82, 2.24) is 15.6 Å². The van der Waals surface area contributed by atoms with Gasteiger partial charge in [-0.05, 0) is 36.2 Å². The molecule has 2 heterocycles. The summed E-state index contributed by atoms with van der Waals surface area (Å²) in [6.07, 6.45) is 2.72. The number of para-hydroxylation sites is 1. The second-order valence-electron chi connectivity index (χ2n) is 6.51. The van der Waals surface area contributed by atoms with Crippen LogP contribution in [-0.2, 0) is 6.54 Å². The van der Waals surface area contributed by atoms with Gasteiger partial charge in [-0.3, -0.25) is 0 Å². The van der Waals surface area contributed by atoms with Crippen molar-refractivity contribution < 1.29 is 4.79 Å². The third-order valence-electron chi connectivity index (χ3n) is 4.37. The molecule has 25 heavy (non-hydrogen) atoms. The van der Waals surface area contributed by atoms with E-state index in [-0.39, 0.29) is 12.1 Å². The Labute approximate surface area is 148 Å². The highest BCUT2D eigenvalue weighted by Gasteiger charge is 2.23. The van der Waals surface area contributed by atoms with Crippen LogP contribution in [0.25, 0.3) is 0 Å². The molecule has 2 N–H and O–H groups in total. The molecule has 1 fully saturated rings. The van der Waals surface area contributed by atoms with Gasteiger partial charge in [0.1, 0.15) is 5.82 Å². The van der Waals surface area contributed by atoms with Crippen molar-refractivity contribution in [3.63, 3.8) is 0 Å². The average Bonchev–Trinajstić information content (AvgIpc) is 3.09. The van der Waals surface area contributed by atoms with Crippen LogP contribution in [0, 0.1) is 0 Å². The first-order valence-electron chi connectivity index (χ1n) is 8.58. The maximum Gasteiger partial charge on any atom is 0.315 e. The molecule has 0 aliphatic carbocycles. The predicted octanol–water partition coefficient (Wildman–Crippen LogP) is 2.23. The van der Waals surface area contributed by atoms with E-state index in [1.807, 2.05) is 49.3 Å². The first-order valence-corrected chi connectivity index (χ1v) is 8.58. The summed E-state index contributed by atoms with van der Waals surface area (Å²) in [5, 5.41) is 6.00. The lowest BCUT2D eigenvalue weighted by Gasteiger charge is -2.19. The molecule has 1 atom stereocenters. The molecule has 0 radical (unpaired) electrons. The van der Waals surface area contributed by atoms with E-state index in [2.05, 4.69) is 32.7 Å². The van der Waals surface area contributed by atoms with E-state index >= 15 is 0 Å². The molecule has 2 aromatic rings. The van der Waals surface area contributed by atoms with Crippen LogP contribution in [0.1, 0.15) is 12.0 Å². The monoisotopic (exact) mass is 339 g/mol. The van der Waals surface area contributed by atoms with Crippen LogP contribution < -0.4 is 20.4 Å². The first-order chi connectivity index (χ1) is 12.1. The minimum Gasteiger partial charge on any atom is -0.369 e. The van der Waals surface area contributed by atoms with Gasteiger partial charge in [0.25, 0.3) is 0 Å². The van der Waals surface area contributed by atoms with E-state index in [1.165, 1.54) is 5.69 Å². The van der Waals surface area contributed by atoms with Crippen LogP contribution in [0.5, 0.6) is 0 Å². The van der Waals surface area contributed by atoms with Crippen molar-refractivity contribution in [3.8, 4) is 0 Å². The molecule has 1 saturated heterocycles. The second-order valence-corrected chi connectivity index (χ2v) is 6.51. The van der Waals surface area contributed by atoms with Gasteiger partial charge in [-0.15, -0.1) is 0 Å². The minimum absolute atomic E-state index is 0.122. The Morgan fingerprint density at radius 1 is 1.28 bits per heavy atom. The molecule has 2 amide bonds. The highest BCUT2D eigenvalue weighted by molar-refractivity contribution is 5.74. The highest BCUT2D eigenvalue weighted by Crippen LogP contribution is 2.19. The van der Waals surface area contributed by atoms with E-state index in [0.717, 1.165) is 30.9 Å². The number of urea groups is 1. The summed E-state index contributed by atoms with van der Waals surface area (Å²) in [5.74, 6) is 0.883. The molecule has 1 aliphatic rings. The van der Waals surface area contributed by atoms with Gasteiger partial charge >= 0.3 is 6.03 Å². The zero-order chi connectivity index (χ0) is 17.6. The molecule has 6 heteroatoms. The fourth-order valence-corrected chi connectivity index (χ4v) is 2.99. The summed E-state index contributed by atoms with van der Waals surface area (Å²) < 4.78 is 0.